The number of amides is 2. The van der Waals surface area contributed by atoms with Crippen LogP contribution in [0.4, 0.5) is 14.9 Å². The average Bonchev–Trinajstić information content (AvgIpc) is 2.60. The highest BCUT2D eigenvalue weighted by atomic mass is 19.1. The van der Waals surface area contributed by atoms with Gasteiger partial charge in [-0.25, -0.2) is 9.18 Å². The first-order valence-electron chi connectivity index (χ1n) is 8.95. The molecule has 0 spiro atoms. The van der Waals surface area contributed by atoms with Crippen molar-refractivity contribution in [2.24, 2.45) is 0 Å². The van der Waals surface area contributed by atoms with Gasteiger partial charge in [0.2, 0.25) is 5.91 Å². The zero-order valence-corrected chi connectivity index (χ0v) is 16.3. The molecule has 0 fully saturated rings. The van der Waals surface area contributed by atoms with Crippen LogP contribution in [0.5, 0.6) is 5.75 Å². The van der Waals surface area contributed by atoms with Gasteiger partial charge in [0.25, 0.3) is 0 Å². The minimum absolute atomic E-state index is 0.111. The Kier molecular flexibility index (Phi) is 7.37. The highest BCUT2D eigenvalue weighted by Crippen LogP contribution is 2.19. The number of anilines is 1. The predicted molar refractivity (Wildman–Crippen MR) is 105 cm³/mol. The minimum atomic E-state index is -0.583. The molecule has 0 bridgehead atoms. The molecule has 0 aliphatic heterocycles. The summed E-state index contributed by atoms with van der Waals surface area (Å²) < 4.78 is 23.7. The van der Waals surface area contributed by atoms with Gasteiger partial charge < -0.3 is 20.1 Å². The number of rotatable bonds is 7. The van der Waals surface area contributed by atoms with E-state index in [0.717, 1.165) is 5.56 Å². The number of nitrogens with one attached hydrogen (secondary N) is 2. The fourth-order valence-electron chi connectivity index (χ4n) is 2.23. The quantitative estimate of drug-likeness (QED) is 0.743. The van der Waals surface area contributed by atoms with E-state index < -0.39 is 11.7 Å². The second-order valence-electron chi connectivity index (χ2n) is 7.17. The van der Waals surface area contributed by atoms with Crippen LogP contribution in [0.3, 0.4) is 0 Å². The highest BCUT2D eigenvalue weighted by Gasteiger charge is 2.15. The molecule has 0 atom stereocenters. The summed E-state index contributed by atoms with van der Waals surface area (Å²) in [5.41, 5.74) is 0.837. The fourth-order valence-corrected chi connectivity index (χ4v) is 2.23. The van der Waals surface area contributed by atoms with Gasteiger partial charge in [-0.2, -0.15) is 0 Å². The lowest BCUT2D eigenvalue weighted by Crippen LogP contribution is -2.34. The molecule has 0 saturated carbocycles. The van der Waals surface area contributed by atoms with Crippen LogP contribution in [0.25, 0.3) is 0 Å². The number of hydrogen-bond donors (Lipinski definition) is 2. The summed E-state index contributed by atoms with van der Waals surface area (Å²) in [6.07, 6.45) is -0.448. The van der Waals surface area contributed by atoms with Crippen molar-refractivity contribution >= 4 is 17.7 Å². The van der Waals surface area contributed by atoms with Gasteiger partial charge in [0.05, 0.1) is 0 Å². The van der Waals surface area contributed by atoms with E-state index in [0.29, 0.717) is 11.4 Å². The molecule has 2 rings (SSSR count). The van der Waals surface area contributed by atoms with Gasteiger partial charge in [0, 0.05) is 24.7 Å². The van der Waals surface area contributed by atoms with E-state index in [4.69, 9.17) is 9.47 Å². The number of benzene rings is 2. The Balaban J connectivity index is 1.77. The lowest BCUT2D eigenvalue weighted by Gasteiger charge is -2.19. The number of carbonyl (C=O) groups excluding carboxylic acids is 2. The topological polar surface area (TPSA) is 76.7 Å². The van der Waals surface area contributed by atoms with Gasteiger partial charge >= 0.3 is 6.09 Å². The van der Waals surface area contributed by atoms with Gasteiger partial charge in [0.1, 0.15) is 23.8 Å². The van der Waals surface area contributed by atoms with E-state index >= 15 is 0 Å². The van der Waals surface area contributed by atoms with E-state index in [-0.39, 0.29) is 31.3 Å². The molecule has 2 aromatic rings. The van der Waals surface area contributed by atoms with Gasteiger partial charge in [-0.15, -0.1) is 0 Å². The van der Waals surface area contributed by atoms with Gasteiger partial charge in [-0.05, 0) is 50.6 Å². The molecule has 6 nitrogen and oxygen atoms in total. The van der Waals surface area contributed by atoms with Crippen molar-refractivity contribution < 1.29 is 23.5 Å². The molecular weight excluding hydrogens is 363 g/mol. The summed E-state index contributed by atoms with van der Waals surface area (Å²) in [5.74, 6) is 0.0374. The third-order valence-corrected chi connectivity index (χ3v) is 3.46. The summed E-state index contributed by atoms with van der Waals surface area (Å²) in [4.78, 5) is 23.6. The fraction of sp³-hybridized carbons (Fsp3) is 0.333. The minimum Gasteiger partial charge on any atom is -0.489 e. The molecule has 0 radical (unpaired) electrons. The number of ether oxygens (including phenoxy) is 2. The van der Waals surface area contributed by atoms with Crippen LogP contribution in [0, 0.1) is 5.82 Å². The van der Waals surface area contributed by atoms with E-state index in [1.807, 2.05) is 0 Å². The van der Waals surface area contributed by atoms with Crippen LogP contribution >= 0.6 is 0 Å². The van der Waals surface area contributed by atoms with Gasteiger partial charge in [-0.1, -0.05) is 18.2 Å². The summed E-state index contributed by atoms with van der Waals surface area (Å²) in [5, 5.41) is 5.29. The molecule has 150 valence electrons. The van der Waals surface area contributed by atoms with Crippen molar-refractivity contribution in [3.63, 3.8) is 0 Å². The lowest BCUT2D eigenvalue weighted by atomic mass is 10.2. The molecule has 0 aromatic heterocycles. The second-order valence-corrected chi connectivity index (χ2v) is 7.17. The van der Waals surface area contributed by atoms with Crippen molar-refractivity contribution in [3.05, 3.63) is 59.9 Å². The number of carbonyl (C=O) groups is 2. The van der Waals surface area contributed by atoms with Crippen molar-refractivity contribution in [1.29, 1.82) is 0 Å². The molecule has 2 aromatic carbocycles. The molecule has 0 aliphatic rings. The molecule has 0 heterocycles. The molecule has 0 aliphatic carbocycles. The molecule has 28 heavy (non-hydrogen) atoms. The van der Waals surface area contributed by atoms with Crippen molar-refractivity contribution in [1.82, 2.24) is 5.32 Å². The Morgan fingerprint density at radius 2 is 1.79 bits per heavy atom. The molecule has 2 N–H and O–H groups in total. The zero-order chi connectivity index (χ0) is 20.6. The summed E-state index contributed by atoms with van der Waals surface area (Å²) in [6, 6.07) is 13.0. The molecule has 0 saturated heterocycles. The van der Waals surface area contributed by atoms with E-state index in [9.17, 15) is 14.0 Å². The predicted octanol–water partition coefficient (Wildman–Crippen LogP) is 4.26. The third kappa shape index (κ3) is 8.07. The van der Waals surface area contributed by atoms with Crippen LogP contribution in [0.1, 0.15) is 32.8 Å². The first-order chi connectivity index (χ1) is 13.2. The maximum Gasteiger partial charge on any atom is 0.407 e. The number of alkyl carbamates (subject to hydrolysis) is 1. The zero-order valence-electron chi connectivity index (χ0n) is 16.3. The Labute approximate surface area is 164 Å². The van der Waals surface area contributed by atoms with E-state index in [1.165, 1.54) is 12.1 Å². The average molecular weight is 388 g/mol. The summed E-state index contributed by atoms with van der Waals surface area (Å²) in [6.45, 7) is 5.76. The molecular formula is C21H25FN2O4. The van der Waals surface area contributed by atoms with Crippen LogP contribution in [-0.4, -0.2) is 24.1 Å². The lowest BCUT2D eigenvalue weighted by molar-refractivity contribution is -0.116. The summed E-state index contributed by atoms with van der Waals surface area (Å²) in [7, 11) is 0. The Bertz CT molecular complexity index is 801. The monoisotopic (exact) mass is 388 g/mol. The Morgan fingerprint density at radius 3 is 2.46 bits per heavy atom. The second kappa shape index (κ2) is 9.73. The SMILES string of the molecule is CC(C)(C)OC(=O)NCCC(=O)Nc1cccc(OCc2ccc(F)cc2)c1. The van der Waals surface area contributed by atoms with Gasteiger partial charge in [0.15, 0.2) is 0 Å². The summed E-state index contributed by atoms with van der Waals surface area (Å²) >= 11 is 0. The highest BCUT2D eigenvalue weighted by molar-refractivity contribution is 5.91. The van der Waals surface area contributed by atoms with Crippen molar-refractivity contribution in [2.75, 3.05) is 11.9 Å². The van der Waals surface area contributed by atoms with E-state index in [1.54, 1.807) is 57.2 Å². The van der Waals surface area contributed by atoms with Crippen molar-refractivity contribution in [2.45, 2.75) is 39.4 Å². The Hall–Kier alpha value is -3.09. The largest absolute Gasteiger partial charge is 0.489 e. The smallest absolute Gasteiger partial charge is 0.407 e. The van der Waals surface area contributed by atoms with Crippen LogP contribution < -0.4 is 15.4 Å². The molecule has 7 heteroatoms. The molecule has 0 unspecified atom stereocenters. The first kappa shape index (κ1) is 21.2. The van der Waals surface area contributed by atoms with Crippen LogP contribution in [-0.2, 0) is 16.1 Å². The van der Waals surface area contributed by atoms with Crippen LogP contribution in [0.15, 0.2) is 48.5 Å². The maximum absolute atomic E-state index is 12.9. The van der Waals surface area contributed by atoms with Crippen LogP contribution in [0.2, 0.25) is 0 Å². The number of hydrogen-bond acceptors (Lipinski definition) is 4. The molecule has 2 amide bonds. The van der Waals surface area contributed by atoms with E-state index in [2.05, 4.69) is 10.6 Å². The van der Waals surface area contributed by atoms with Gasteiger partial charge in [-0.3, -0.25) is 4.79 Å². The normalized spacial score (nSPS) is 10.9. The third-order valence-electron chi connectivity index (χ3n) is 3.46. The Morgan fingerprint density at radius 1 is 1.07 bits per heavy atom. The maximum atomic E-state index is 12.9. The number of halogens is 1. The first-order valence-corrected chi connectivity index (χ1v) is 8.95. The standard InChI is InChI=1S/C21H25FN2O4/c1-21(2,3)28-20(26)23-12-11-19(25)24-17-5-4-6-18(13-17)27-14-15-7-9-16(22)10-8-15/h4-10,13H,11-12,14H2,1-3H3,(H,23,26)(H,24,25). The van der Waals surface area contributed by atoms with Crippen molar-refractivity contribution in [3.8, 4) is 5.75 Å².